The Hall–Kier alpha value is -0.120. The largest absolute Gasteiger partial charge is 0.391 e. The Morgan fingerprint density at radius 1 is 1.17 bits per heavy atom. The molecule has 0 bridgehead atoms. The molecule has 1 saturated heterocycles. The van der Waals surface area contributed by atoms with Crippen LogP contribution < -0.4 is 5.32 Å². The first-order chi connectivity index (χ1) is 5.88. The van der Waals surface area contributed by atoms with Gasteiger partial charge in [0.1, 0.15) is 0 Å². The highest BCUT2D eigenvalue weighted by Crippen LogP contribution is 2.25. The second-order valence-corrected chi connectivity index (χ2v) is 3.85. The van der Waals surface area contributed by atoms with Crippen molar-refractivity contribution >= 4 is 0 Å². The third-order valence-electron chi connectivity index (χ3n) is 3.05. The second kappa shape index (κ2) is 3.73. The van der Waals surface area contributed by atoms with E-state index in [9.17, 15) is 5.11 Å². The molecule has 1 aliphatic carbocycles. The van der Waals surface area contributed by atoms with Crippen molar-refractivity contribution in [3.05, 3.63) is 0 Å². The van der Waals surface area contributed by atoms with Crippen molar-refractivity contribution < 1.29 is 5.11 Å². The molecule has 0 radical (unpaired) electrons. The van der Waals surface area contributed by atoms with Crippen molar-refractivity contribution in [2.24, 2.45) is 0 Å². The lowest BCUT2D eigenvalue weighted by Crippen LogP contribution is -2.51. The minimum absolute atomic E-state index is 0.0388. The number of hydrogen-bond acceptors (Lipinski definition) is 3. The lowest BCUT2D eigenvalue weighted by molar-refractivity contribution is -0.0183. The summed E-state index contributed by atoms with van der Waals surface area (Å²) >= 11 is 0. The Balaban J connectivity index is 1.84. The maximum atomic E-state index is 9.49. The Morgan fingerprint density at radius 2 is 2.08 bits per heavy atom. The van der Waals surface area contributed by atoms with Crippen LogP contribution in [0.15, 0.2) is 0 Å². The van der Waals surface area contributed by atoms with Crippen LogP contribution in [0.3, 0.4) is 0 Å². The van der Waals surface area contributed by atoms with Gasteiger partial charge in [0, 0.05) is 19.1 Å². The van der Waals surface area contributed by atoms with Crippen LogP contribution in [0.4, 0.5) is 0 Å². The fourth-order valence-corrected chi connectivity index (χ4v) is 2.09. The normalized spacial score (nSPS) is 38.8. The predicted molar refractivity (Wildman–Crippen MR) is 48.1 cm³/mol. The maximum absolute atomic E-state index is 9.49. The summed E-state index contributed by atoms with van der Waals surface area (Å²) < 4.78 is 0. The second-order valence-electron chi connectivity index (χ2n) is 3.85. The summed E-state index contributed by atoms with van der Waals surface area (Å²) in [5.74, 6) is 0. The Morgan fingerprint density at radius 3 is 2.75 bits per heavy atom. The first kappa shape index (κ1) is 8.48. The molecule has 1 aliphatic heterocycles. The number of nitrogens with zero attached hydrogens (tertiary/aromatic N) is 1. The molecule has 0 spiro atoms. The molecule has 0 aromatic carbocycles. The lowest BCUT2D eigenvalue weighted by Gasteiger charge is -2.41. The number of aliphatic hydroxyl groups is 1. The summed E-state index contributed by atoms with van der Waals surface area (Å²) in [5.41, 5.74) is 0. The minimum Gasteiger partial charge on any atom is -0.391 e. The molecule has 2 atom stereocenters. The Kier molecular flexibility index (Phi) is 2.63. The van der Waals surface area contributed by atoms with Crippen LogP contribution >= 0.6 is 0 Å². The molecule has 2 aliphatic rings. The predicted octanol–water partition coefficient (Wildman–Crippen LogP) is -0.195. The Bertz CT molecular complexity index is 143. The smallest absolute Gasteiger partial charge is 0.0696 e. The first-order valence-corrected chi connectivity index (χ1v) is 5.01. The van der Waals surface area contributed by atoms with E-state index in [0.717, 1.165) is 32.6 Å². The summed E-state index contributed by atoms with van der Waals surface area (Å²) in [6.07, 6.45) is 3.39. The van der Waals surface area contributed by atoms with Gasteiger partial charge in [0.2, 0.25) is 0 Å². The van der Waals surface area contributed by atoms with Crippen LogP contribution in [-0.4, -0.2) is 48.3 Å². The average molecular weight is 170 g/mol. The molecule has 3 heteroatoms. The molecule has 0 aromatic rings. The van der Waals surface area contributed by atoms with E-state index in [1.165, 1.54) is 12.8 Å². The highest BCUT2D eigenvalue weighted by atomic mass is 16.3. The molecule has 2 fully saturated rings. The fourth-order valence-electron chi connectivity index (χ4n) is 2.09. The molecule has 0 amide bonds. The van der Waals surface area contributed by atoms with E-state index in [0.29, 0.717) is 6.04 Å². The van der Waals surface area contributed by atoms with E-state index in [-0.39, 0.29) is 6.10 Å². The summed E-state index contributed by atoms with van der Waals surface area (Å²) in [6.45, 7) is 4.50. The van der Waals surface area contributed by atoms with Crippen molar-refractivity contribution in [3.8, 4) is 0 Å². The van der Waals surface area contributed by atoms with E-state index in [1.54, 1.807) is 0 Å². The van der Waals surface area contributed by atoms with Gasteiger partial charge >= 0.3 is 0 Å². The summed E-state index contributed by atoms with van der Waals surface area (Å²) in [5, 5.41) is 12.9. The van der Waals surface area contributed by atoms with Gasteiger partial charge < -0.3 is 10.4 Å². The van der Waals surface area contributed by atoms with Gasteiger partial charge in [0.15, 0.2) is 0 Å². The third kappa shape index (κ3) is 1.63. The van der Waals surface area contributed by atoms with Gasteiger partial charge in [0.05, 0.1) is 6.10 Å². The molecule has 2 rings (SSSR count). The topological polar surface area (TPSA) is 35.5 Å². The van der Waals surface area contributed by atoms with Crippen LogP contribution in [-0.2, 0) is 0 Å². The standard InChI is InChI=1S/C9H18N2O/c12-9-3-2-8(9)11-6-1-4-10-5-7-11/h8-10,12H,1-7H2. The molecule has 12 heavy (non-hydrogen) atoms. The van der Waals surface area contributed by atoms with Crippen LogP contribution in [0.5, 0.6) is 0 Å². The van der Waals surface area contributed by atoms with Crippen molar-refractivity contribution in [3.63, 3.8) is 0 Å². The molecule has 3 nitrogen and oxygen atoms in total. The molecule has 70 valence electrons. The zero-order valence-corrected chi connectivity index (χ0v) is 7.50. The summed E-state index contributed by atoms with van der Waals surface area (Å²) in [7, 11) is 0. The zero-order valence-electron chi connectivity index (χ0n) is 7.50. The maximum Gasteiger partial charge on any atom is 0.0696 e. The Labute approximate surface area is 73.8 Å². The highest BCUT2D eigenvalue weighted by Gasteiger charge is 2.33. The molecule has 1 saturated carbocycles. The van der Waals surface area contributed by atoms with E-state index < -0.39 is 0 Å². The van der Waals surface area contributed by atoms with Crippen molar-refractivity contribution in [1.29, 1.82) is 0 Å². The third-order valence-corrected chi connectivity index (χ3v) is 3.05. The number of nitrogens with one attached hydrogen (secondary N) is 1. The fraction of sp³-hybridized carbons (Fsp3) is 1.00. The van der Waals surface area contributed by atoms with Gasteiger partial charge in [-0.15, -0.1) is 0 Å². The zero-order chi connectivity index (χ0) is 8.39. The van der Waals surface area contributed by atoms with Crippen molar-refractivity contribution in [2.75, 3.05) is 26.2 Å². The van der Waals surface area contributed by atoms with Crippen molar-refractivity contribution in [1.82, 2.24) is 10.2 Å². The van der Waals surface area contributed by atoms with E-state index in [2.05, 4.69) is 10.2 Å². The van der Waals surface area contributed by atoms with Crippen LogP contribution in [0.1, 0.15) is 19.3 Å². The molecule has 1 heterocycles. The van der Waals surface area contributed by atoms with Gasteiger partial charge in [-0.2, -0.15) is 0 Å². The van der Waals surface area contributed by atoms with Gasteiger partial charge in [-0.3, -0.25) is 4.90 Å². The van der Waals surface area contributed by atoms with E-state index >= 15 is 0 Å². The molecule has 2 N–H and O–H groups in total. The van der Waals surface area contributed by atoms with Gasteiger partial charge in [-0.1, -0.05) is 0 Å². The SMILES string of the molecule is OC1CCC1N1CCCNCC1. The average Bonchev–Trinajstić information content (AvgIpc) is 2.30. The van der Waals surface area contributed by atoms with Crippen LogP contribution in [0.2, 0.25) is 0 Å². The van der Waals surface area contributed by atoms with Crippen LogP contribution in [0, 0.1) is 0 Å². The van der Waals surface area contributed by atoms with Gasteiger partial charge in [-0.05, 0) is 32.4 Å². The molecular formula is C9H18N2O. The monoisotopic (exact) mass is 170 g/mol. The van der Waals surface area contributed by atoms with Crippen molar-refractivity contribution in [2.45, 2.75) is 31.4 Å². The molecular weight excluding hydrogens is 152 g/mol. The molecule has 0 aromatic heterocycles. The quantitative estimate of drug-likeness (QED) is 0.572. The molecule has 2 unspecified atom stereocenters. The highest BCUT2D eigenvalue weighted by molar-refractivity contribution is 4.89. The number of hydrogen-bond donors (Lipinski definition) is 2. The number of aliphatic hydroxyl groups excluding tert-OH is 1. The van der Waals surface area contributed by atoms with E-state index in [1.807, 2.05) is 0 Å². The van der Waals surface area contributed by atoms with E-state index in [4.69, 9.17) is 0 Å². The van der Waals surface area contributed by atoms with Crippen LogP contribution in [0.25, 0.3) is 0 Å². The summed E-state index contributed by atoms with van der Waals surface area (Å²) in [4.78, 5) is 2.44. The van der Waals surface area contributed by atoms with Gasteiger partial charge in [-0.25, -0.2) is 0 Å². The number of rotatable bonds is 1. The summed E-state index contributed by atoms with van der Waals surface area (Å²) in [6, 6.07) is 0.477. The first-order valence-electron chi connectivity index (χ1n) is 5.01. The minimum atomic E-state index is -0.0388. The van der Waals surface area contributed by atoms with Gasteiger partial charge in [0.25, 0.3) is 0 Å². The lowest BCUT2D eigenvalue weighted by atomic mass is 9.87.